The van der Waals surface area contributed by atoms with Crippen molar-refractivity contribution in [2.24, 2.45) is 0 Å². The summed E-state index contributed by atoms with van der Waals surface area (Å²) in [6, 6.07) is 9.34. The molecule has 1 aromatic heterocycles. The smallest absolute Gasteiger partial charge is 0.424 e. The van der Waals surface area contributed by atoms with Gasteiger partial charge in [-0.1, -0.05) is 30.3 Å². The Morgan fingerprint density at radius 2 is 2.13 bits per heavy atom. The summed E-state index contributed by atoms with van der Waals surface area (Å²) in [5.74, 6) is -0.347. The summed E-state index contributed by atoms with van der Waals surface area (Å²) in [4.78, 5) is 11.6. The molecule has 1 aromatic carbocycles. The molecule has 1 N–H and O–H groups in total. The predicted octanol–water partition coefficient (Wildman–Crippen LogP) is 1.53. The van der Waals surface area contributed by atoms with Crippen LogP contribution in [0.15, 0.2) is 41.1 Å². The van der Waals surface area contributed by atoms with E-state index in [9.17, 15) is 4.79 Å². The Balaban J connectivity index is 2.11. The number of aromatic nitrogens is 2. The van der Waals surface area contributed by atoms with Crippen LogP contribution in [0.25, 0.3) is 5.73 Å². The maximum atomic E-state index is 11.6. The van der Waals surface area contributed by atoms with Crippen LogP contribution in [0.4, 0.5) is 5.88 Å². The van der Waals surface area contributed by atoms with E-state index in [-0.39, 0.29) is 18.2 Å². The number of carbonyl (C=O) groups is 1. The molecule has 0 atom stereocenters. The highest BCUT2D eigenvalue weighted by atomic mass is 16.5. The second kappa shape index (κ2) is 3.91. The molecule has 0 aliphatic rings. The largest absolute Gasteiger partial charge is 0.660 e. The van der Waals surface area contributed by atoms with Crippen LogP contribution in [0.1, 0.15) is 10.4 Å². The Labute approximate surface area is 86.1 Å². The van der Waals surface area contributed by atoms with Crippen LogP contribution in [0.2, 0.25) is 0 Å². The van der Waals surface area contributed by atoms with Gasteiger partial charge < -0.3 is 10.3 Å². The van der Waals surface area contributed by atoms with Crippen LogP contribution in [-0.2, 0) is 6.42 Å². The van der Waals surface area contributed by atoms with Crippen molar-refractivity contribution in [2.45, 2.75) is 6.42 Å². The molecule has 2 aromatic rings. The lowest BCUT2D eigenvalue weighted by molar-refractivity contribution is -0.648. The van der Waals surface area contributed by atoms with Gasteiger partial charge in [-0.05, 0) is 5.56 Å². The summed E-state index contributed by atoms with van der Waals surface area (Å²) in [5, 5.41) is 3.42. The molecule has 0 unspecified atom stereocenters. The van der Waals surface area contributed by atoms with Crippen molar-refractivity contribution in [2.75, 3.05) is 0 Å². The Bertz CT molecular complexity index is 465. The molecule has 0 saturated carbocycles. The molecule has 2 rings (SSSR count). The number of nitrogens with zero attached hydrogens (tertiary/aromatic N) is 2. The van der Waals surface area contributed by atoms with E-state index >= 15 is 0 Å². The Hall–Kier alpha value is -2.17. The summed E-state index contributed by atoms with van der Waals surface area (Å²) in [6.45, 7) is 0. The van der Waals surface area contributed by atoms with E-state index in [1.165, 1.54) is 6.20 Å². The van der Waals surface area contributed by atoms with Gasteiger partial charge >= 0.3 is 5.91 Å². The fraction of sp³-hybridized carbons (Fsp3) is 0.100. The quantitative estimate of drug-likeness (QED) is 0.695. The van der Waals surface area contributed by atoms with Gasteiger partial charge in [-0.3, -0.25) is 0 Å². The molecule has 0 radical (unpaired) electrons. The minimum absolute atomic E-state index is 0.128. The first-order valence-corrected chi connectivity index (χ1v) is 4.43. The molecule has 0 amide bonds. The first-order chi connectivity index (χ1) is 7.25. The molecule has 1 heterocycles. The first-order valence-electron chi connectivity index (χ1n) is 4.43. The molecule has 5 nitrogen and oxygen atoms in total. The van der Waals surface area contributed by atoms with Crippen LogP contribution >= 0.6 is 0 Å². The van der Waals surface area contributed by atoms with Crippen molar-refractivity contribution < 1.29 is 14.0 Å². The Morgan fingerprint density at radius 3 is 2.73 bits per heavy atom. The van der Waals surface area contributed by atoms with Crippen LogP contribution in [0.3, 0.4) is 0 Å². The van der Waals surface area contributed by atoms with E-state index in [1.807, 2.05) is 30.3 Å². The van der Waals surface area contributed by atoms with Gasteiger partial charge in [0.05, 0.1) is 0 Å². The van der Waals surface area contributed by atoms with E-state index in [4.69, 9.17) is 5.73 Å². The van der Waals surface area contributed by atoms with E-state index in [1.54, 1.807) is 0 Å². The molecule has 0 bridgehead atoms. The van der Waals surface area contributed by atoms with Crippen molar-refractivity contribution in [3.8, 4) is 0 Å². The number of carbonyl (C=O) groups excluding carboxylic acids is 1. The lowest BCUT2D eigenvalue weighted by atomic mass is 10.1. The van der Waals surface area contributed by atoms with Gasteiger partial charge in [-0.25, -0.2) is 4.79 Å². The van der Waals surface area contributed by atoms with E-state index in [0.717, 1.165) is 10.2 Å². The Morgan fingerprint density at radius 1 is 1.40 bits per heavy atom. The van der Waals surface area contributed by atoms with Crippen molar-refractivity contribution >= 4 is 11.8 Å². The third-order valence-corrected chi connectivity index (χ3v) is 1.92. The highest BCUT2D eigenvalue weighted by molar-refractivity contribution is 5.69. The third-order valence-electron chi connectivity index (χ3n) is 1.92. The summed E-state index contributed by atoms with van der Waals surface area (Å²) >= 11 is 0. The lowest BCUT2D eigenvalue weighted by Gasteiger charge is -1.92. The predicted molar refractivity (Wildman–Crippen MR) is 51.5 cm³/mol. The molecule has 15 heavy (non-hydrogen) atoms. The molecule has 0 aliphatic carbocycles. The van der Waals surface area contributed by atoms with Gasteiger partial charge in [-0.15, -0.1) is 0 Å². The lowest BCUT2D eigenvalue weighted by Crippen LogP contribution is -2.44. The van der Waals surface area contributed by atoms with Crippen LogP contribution < -0.4 is 4.68 Å². The van der Waals surface area contributed by atoms with E-state index in [0.29, 0.717) is 0 Å². The van der Waals surface area contributed by atoms with Crippen molar-refractivity contribution in [3.63, 3.8) is 0 Å². The molecule has 76 valence electrons. The zero-order valence-electron chi connectivity index (χ0n) is 7.88. The first kappa shape index (κ1) is 9.39. The average molecular weight is 203 g/mol. The highest BCUT2D eigenvalue weighted by Gasteiger charge is 2.18. The molecule has 0 fully saturated rings. The summed E-state index contributed by atoms with van der Waals surface area (Å²) < 4.78 is 5.52. The SMILES string of the molecule is [NH-]c1c[n+](C(=O)Cc2ccccc2)no1. The zero-order chi connectivity index (χ0) is 10.7. The second-order valence-electron chi connectivity index (χ2n) is 3.07. The zero-order valence-corrected chi connectivity index (χ0v) is 7.88. The molecule has 0 aliphatic heterocycles. The highest BCUT2D eigenvalue weighted by Crippen LogP contribution is 2.03. The average Bonchev–Trinajstić information content (AvgIpc) is 2.66. The number of rotatable bonds is 2. The molecule has 0 spiro atoms. The van der Waals surface area contributed by atoms with Gasteiger partial charge in [-0.2, -0.15) is 0 Å². The monoisotopic (exact) mass is 203 g/mol. The van der Waals surface area contributed by atoms with Gasteiger partial charge in [0, 0.05) is 4.68 Å². The maximum Gasteiger partial charge on any atom is 0.424 e. The van der Waals surface area contributed by atoms with Gasteiger partial charge in [0.25, 0.3) is 0 Å². The third kappa shape index (κ3) is 2.19. The topological polar surface area (TPSA) is 70.8 Å². The minimum atomic E-state index is -0.219. The van der Waals surface area contributed by atoms with Crippen LogP contribution in [0, 0.1) is 0 Å². The molecular formula is C10H9N3O2. The second-order valence-corrected chi connectivity index (χ2v) is 3.07. The minimum Gasteiger partial charge on any atom is -0.660 e. The summed E-state index contributed by atoms with van der Waals surface area (Å²) in [5.41, 5.74) is 7.99. The maximum absolute atomic E-state index is 11.6. The number of hydrogen-bond acceptors (Lipinski definition) is 3. The summed E-state index contributed by atoms with van der Waals surface area (Å²) in [6.07, 6.45) is 1.49. The van der Waals surface area contributed by atoms with Crippen LogP contribution in [-0.4, -0.2) is 11.2 Å². The van der Waals surface area contributed by atoms with Crippen molar-refractivity contribution in [1.82, 2.24) is 5.27 Å². The van der Waals surface area contributed by atoms with Crippen molar-refractivity contribution in [1.29, 1.82) is 0 Å². The van der Waals surface area contributed by atoms with Gasteiger partial charge in [0.1, 0.15) is 12.3 Å². The molecule has 5 heteroatoms. The van der Waals surface area contributed by atoms with E-state index < -0.39 is 0 Å². The van der Waals surface area contributed by atoms with Crippen LogP contribution in [0.5, 0.6) is 0 Å². The molecule has 0 saturated heterocycles. The number of nitrogens with one attached hydrogen (secondary N) is 1. The molecular weight excluding hydrogens is 194 g/mol. The normalized spacial score (nSPS) is 10.1. The van der Waals surface area contributed by atoms with Crippen molar-refractivity contribution in [3.05, 3.63) is 47.8 Å². The summed E-state index contributed by atoms with van der Waals surface area (Å²) in [7, 11) is 0. The van der Waals surface area contributed by atoms with Gasteiger partial charge in [0.15, 0.2) is 0 Å². The van der Waals surface area contributed by atoms with E-state index in [2.05, 4.69) is 9.79 Å². The standard InChI is InChI=1S/C10H9N3O2/c11-9-7-13(12-15-9)10(14)6-8-4-2-1-3-5-8/h1-5,7H,6H2,(H-,11,12). The number of benzene rings is 1. The number of hydrogen-bond donors (Lipinski definition) is 0. The fourth-order valence-corrected chi connectivity index (χ4v) is 1.22. The fourth-order valence-electron chi connectivity index (χ4n) is 1.22. The Kier molecular flexibility index (Phi) is 2.45. The van der Waals surface area contributed by atoms with Gasteiger partial charge in [0.2, 0.25) is 11.5 Å².